The maximum Gasteiger partial charge on any atom is 0.245 e. The van der Waals surface area contributed by atoms with Crippen molar-refractivity contribution in [3.05, 3.63) is 14.7 Å². The molecule has 112 valence electrons. The normalized spacial score (nSPS) is 27.7. The molecule has 20 heavy (non-hydrogen) atoms. The van der Waals surface area contributed by atoms with E-state index in [-0.39, 0.29) is 6.04 Å². The van der Waals surface area contributed by atoms with Gasteiger partial charge in [-0.05, 0) is 47.2 Å². The van der Waals surface area contributed by atoms with Gasteiger partial charge < -0.3 is 0 Å². The van der Waals surface area contributed by atoms with Crippen molar-refractivity contribution in [2.45, 2.75) is 48.9 Å². The summed E-state index contributed by atoms with van der Waals surface area (Å²) in [6.45, 7) is 0.663. The molecular weight excluding hydrogens is 382 g/mol. The minimum atomic E-state index is -3.39. The first-order valence-electron chi connectivity index (χ1n) is 6.90. The number of rotatable bonds is 3. The molecule has 1 aliphatic carbocycles. The van der Waals surface area contributed by atoms with Gasteiger partial charge in [-0.15, -0.1) is 22.9 Å². The third kappa shape index (κ3) is 2.58. The predicted octanol–water partition coefficient (Wildman–Crippen LogP) is 4.20. The van der Waals surface area contributed by atoms with Crippen molar-refractivity contribution in [1.82, 2.24) is 4.31 Å². The van der Waals surface area contributed by atoms with Crippen LogP contribution in [0.5, 0.6) is 0 Å². The van der Waals surface area contributed by atoms with E-state index in [1.807, 2.05) is 0 Å². The maximum atomic E-state index is 12.9. The zero-order valence-electron chi connectivity index (χ0n) is 11.0. The molecule has 2 heterocycles. The molecule has 3 nitrogen and oxygen atoms in total. The SMILES string of the molecule is O=S(=O)(c1cc(CCl)sc1Br)N1CCC2CCCCC21. The topological polar surface area (TPSA) is 37.4 Å². The van der Waals surface area contributed by atoms with Gasteiger partial charge in [-0.2, -0.15) is 4.31 Å². The maximum absolute atomic E-state index is 12.9. The minimum absolute atomic E-state index is 0.208. The number of hydrogen-bond donors (Lipinski definition) is 0. The zero-order valence-corrected chi connectivity index (χ0v) is 15.0. The van der Waals surface area contributed by atoms with Gasteiger partial charge in [0, 0.05) is 17.5 Å². The Labute approximate surface area is 137 Å². The summed E-state index contributed by atoms with van der Waals surface area (Å²) >= 11 is 10.6. The molecule has 2 atom stereocenters. The summed E-state index contributed by atoms with van der Waals surface area (Å²) in [5.41, 5.74) is 0. The first kappa shape index (κ1) is 15.3. The van der Waals surface area contributed by atoms with E-state index in [0.29, 0.717) is 27.0 Å². The molecule has 3 rings (SSSR count). The fourth-order valence-corrected chi connectivity index (χ4v) is 7.88. The molecule has 0 N–H and O–H groups in total. The number of halogens is 2. The fraction of sp³-hybridized carbons (Fsp3) is 0.692. The number of nitrogens with zero attached hydrogens (tertiary/aromatic N) is 1. The first-order chi connectivity index (χ1) is 9.54. The van der Waals surface area contributed by atoms with Crippen molar-refractivity contribution in [3.63, 3.8) is 0 Å². The van der Waals surface area contributed by atoms with E-state index < -0.39 is 10.0 Å². The smallest absolute Gasteiger partial charge is 0.207 e. The van der Waals surface area contributed by atoms with Crippen molar-refractivity contribution in [1.29, 1.82) is 0 Å². The molecule has 0 aromatic carbocycles. The number of alkyl halides is 1. The fourth-order valence-electron chi connectivity index (χ4n) is 3.43. The van der Waals surface area contributed by atoms with Crippen LogP contribution < -0.4 is 0 Å². The van der Waals surface area contributed by atoms with Gasteiger partial charge in [0.25, 0.3) is 0 Å². The summed E-state index contributed by atoms with van der Waals surface area (Å²) in [6, 6.07) is 1.92. The van der Waals surface area contributed by atoms with Crippen LogP contribution in [0.1, 0.15) is 37.0 Å². The monoisotopic (exact) mass is 397 g/mol. The van der Waals surface area contributed by atoms with Gasteiger partial charge in [0.15, 0.2) is 0 Å². The third-order valence-corrected chi connectivity index (χ3v) is 9.01. The van der Waals surface area contributed by atoms with Gasteiger partial charge in [0.1, 0.15) is 4.90 Å². The second kappa shape index (κ2) is 5.88. The van der Waals surface area contributed by atoms with Gasteiger partial charge in [0.05, 0.1) is 9.67 Å². The van der Waals surface area contributed by atoms with E-state index in [9.17, 15) is 8.42 Å². The number of sulfonamides is 1. The predicted molar refractivity (Wildman–Crippen MR) is 85.8 cm³/mol. The highest BCUT2D eigenvalue weighted by molar-refractivity contribution is 9.11. The van der Waals surface area contributed by atoms with Crippen molar-refractivity contribution >= 4 is 48.9 Å². The van der Waals surface area contributed by atoms with Crippen LogP contribution in [0.15, 0.2) is 14.7 Å². The minimum Gasteiger partial charge on any atom is -0.207 e. The van der Waals surface area contributed by atoms with E-state index in [4.69, 9.17) is 11.6 Å². The van der Waals surface area contributed by atoms with Crippen molar-refractivity contribution in [2.75, 3.05) is 6.54 Å². The lowest BCUT2D eigenvalue weighted by Gasteiger charge is -2.30. The second-order valence-corrected chi connectivity index (χ2v) is 10.1. The summed E-state index contributed by atoms with van der Waals surface area (Å²) in [5, 5.41) is 0. The molecule has 1 aromatic heterocycles. The molecule has 0 spiro atoms. The van der Waals surface area contributed by atoms with Crippen LogP contribution in [0.4, 0.5) is 0 Å². The van der Waals surface area contributed by atoms with E-state index in [0.717, 1.165) is 24.1 Å². The molecule has 7 heteroatoms. The first-order valence-corrected chi connectivity index (χ1v) is 10.5. The van der Waals surface area contributed by atoms with Crippen LogP contribution in [0.25, 0.3) is 0 Å². The molecule has 1 aliphatic heterocycles. The van der Waals surface area contributed by atoms with E-state index in [2.05, 4.69) is 15.9 Å². The van der Waals surface area contributed by atoms with Crippen LogP contribution in [0, 0.1) is 5.92 Å². The average molecular weight is 399 g/mol. The van der Waals surface area contributed by atoms with Crippen LogP contribution >= 0.6 is 38.9 Å². The van der Waals surface area contributed by atoms with Crippen LogP contribution in [0.2, 0.25) is 0 Å². The number of thiophene rings is 1. The highest BCUT2D eigenvalue weighted by Crippen LogP contribution is 2.41. The Morgan fingerprint density at radius 1 is 1.35 bits per heavy atom. The van der Waals surface area contributed by atoms with Gasteiger partial charge in [-0.1, -0.05) is 12.8 Å². The Kier molecular flexibility index (Phi) is 4.49. The Hall–Kier alpha value is 0.380. The summed E-state index contributed by atoms with van der Waals surface area (Å²) in [6.07, 6.45) is 5.58. The van der Waals surface area contributed by atoms with Gasteiger partial charge in [0.2, 0.25) is 10.0 Å². The Morgan fingerprint density at radius 3 is 2.80 bits per heavy atom. The summed E-state index contributed by atoms with van der Waals surface area (Å²) in [5.74, 6) is 0.911. The summed E-state index contributed by atoms with van der Waals surface area (Å²) < 4.78 is 28.2. The average Bonchev–Trinajstić information content (AvgIpc) is 3.02. The Morgan fingerprint density at radius 2 is 2.10 bits per heavy atom. The molecule has 0 amide bonds. The standard InChI is InChI=1S/C13H17BrClNO2S2/c14-13-12(7-10(8-15)19-13)20(17,18)16-6-5-9-3-1-2-4-11(9)16/h7,9,11H,1-6,8H2. The highest BCUT2D eigenvalue weighted by Gasteiger charge is 2.43. The highest BCUT2D eigenvalue weighted by atomic mass is 79.9. The van der Waals surface area contributed by atoms with Crippen LogP contribution in [0.3, 0.4) is 0 Å². The van der Waals surface area contributed by atoms with Crippen LogP contribution in [-0.2, 0) is 15.9 Å². The zero-order chi connectivity index (χ0) is 14.3. The molecule has 1 saturated carbocycles. The molecule has 1 saturated heterocycles. The van der Waals surface area contributed by atoms with Crippen molar-refractivity contribution in [3.8, 4) is 0 Å². The lowest BCUT2D eigenvalue weighted by atomic mass is 9.86. The quantitative estimate of drug-likeness (QED) is 0.715. The lowest BCUT2D eigenvalue weighted by molar-refractivity contribution is 0.260. The van der Waals surface area contributed by atoms with Crippen LogP contribution in [-0.4, -0.2) is 25.3 Å². The Balaban J connectivity index is 1.93. The van der Waals surface area contributed by atoms with E-state index >= 15 is 0 Å². The largest absolute Gasteiger partial charge is 0.245 e. The lowest BCUT2D eigenvalue weighted by Crippen LogP contribution is -2.39. The summed E-state index contributed by atoms with van der Waals surface area (Å²) in [7, 11) is -3.39. The molecule has 0 radical (unpaired) electrons. The van der Waals surface area contributed by atoms with E-state index in [1.165, 1.54) is 24.2 Å². The second-order valence-electron chi connectivity index (χ2n) is 5.50. The van der Waals surface area contributed by atoms with E-state index in [1.54, 1.807) is 10.4 Å². The third-order valence-electron chi connectivity index (χ3n) is 4.38. The molecule has 2 unspecified atom stereocenters. The Bertz CT molecular complexity index is 602. The number of hydrogen-bond acceptors (Lipinski definition) is 3. The van der Waals surface area contributed by atoms with Crippen molar-refractivity contribution in [2.24, 2.45) is 5.92 Å². The number of fused-ring (bicyclic) bond motifs is 1. The molecule has 2 fully saturated rings. The van der Waals surface area contributed by atoms with Gasteiger partial charge >= 0.3 is 0 Å². The molecule has 0 bridgehead atoms. The molecule has 2 aliphatic rings. The van der Waals surface area contributed by atoms with Crippen molar-refractivity contribution < 1.29 is 8.42 Å². The molecule has 1 aromatic rings. The van der Waals surface area contributed by atoms with Gasteiger partial charge in [-0.3, -0.25) is 0 Å². The van der Waals surface area contributed by atoms with Gasteiger partial charge in [-0.25, -0.2) is 8.42 Å². The molecular formula is C13H17BrClNO2S2. The summed E-state index contributed by atoms with van der Waals surface area (Å²) in [4.78, 5) is 1.28.